The van der Waals surface area contributed by atoms with Gasteiger partial charge in [0.05, 0.1) is 22.6 Å². The molecule has 1 aromatic heterocycles. The van der Waals surface area contributed by atoms with E-state index in [1.54, 1.807) is 0 Å². The second kappa shape index (κ2) is 6.44. The quantitative estimate of drug-likeness (QED) is 0.753. The molecule has 0 bridgehead atoms. The summed E-state index contributed by atoms with van der Waals surface area (Å²) in [7, 11) is 0. The molecule has 0 saturated carbocycles. The summed E-state index contributed by atoms with van der Waals surface area (Å²) in [5.41, 5.74) is 5.33. The second-order valence-electron chi connectivity index (χ2n) is 8.97. The Morgan fingerprint density at radius 3 is 2.28 bits per heavy atom. The lowest BCUT2D eigenvalue weighted by Crippen LogP contribution is -2.28. The molecule has 1 aliphatic rings. The Hall–Kier alpha value is -1.90. The average molecular weight is 338 g/mol. The number of aromatic nitrogens is 2. The van der Waals surface area contributed by atoms with E-state index in [2.05, 4.69) is 65.8 Å². The zero-order chi connectivity index (χ0) is 18.4. The molecule has 2 aromatic rings. The van der Waals surface area contributed by atoms with Crippen LogP contribution in [-0.2, 0) is 12.8 Å². The highest BCUT2D eigenvalue weighted by Crippen LogP contribution is 2.37. The van der Waals surface area contributed by atoms with Crippen LogP contribution in [0, 0.1) is 11.3 Å². The molecule has 0 amide bonds. The van der Waals surface area contributed by atoms with E-state index >= 15 is 0 Å². The van der Waals surface area contributed by atoms with Gasteiger partial charge in [0.15, 0.2) is 5.78 Å². The number of hydrogen-bond acceptors (Lipinski definition) is 2. The molecule has 134 valence electrons. The van der Waals surface area contributed by atoms with E-state index < -0.39 is 0 Å². The normalized spacial score (nSPS) is 16.6. The van der Waals surface area contributed by atoms with Crippen molar-refractivity contribution >= 4 is 5.78 Å². The van der Waals surface area contributed by atoms with E-state index in [0.717, 1.165) is 35.5 Å². The number of carbonyl (C=O) groups excluding carboxylic acids is 1. The summed E-state index contributed by atoms with van der Waals surface area (Å²) in [6.07, 6.45) is 2.36. The van der Waals surface area contributed by atoms with Crippen LogP contribution >= 0.6 is 0 Å². The van der Waals surface area contributed by atoms with Crippen LogP contribution in [0.5, 0.6) is 0 Å². The molecule has 3 nitrogen and oxygen atoms in total. The van der Waals surface area contributed by atoms with E-state index in [9.17, 15) is 4.79 Å². The summed E-state index contributed by atoms with van der Waals surface area (Å²) in [6, 6.07) is 8.61. The summed E-state index contributed by atoms with van der Waals surface area (Å²) >= 11 is 0. The Kier molecular flexibility index (Phi) is 4.61. The maximum atomic E-state index is 12.8. The number of fused-ring (bicyclic) bond motifs is 1. The van der Waals surface area contributed by atoms with Gasteiger partial charge < -0.3 is 0 Å². The molecule has 3 heteroatoms. The van der Waals surface area contributed by atoms with Crippen molar-refractivity contribution in [3.8, 4) is 5.69 Å². The number of nitrogens with zero attached hydrogens (tertiary/aromatic N) is 2. The Morgan fingerprint density at radius 1 is 1.08 bits per heavy atom. The predicted molar refractivity (Wildman–Crippen MR) is 103 cm³/mol. The molecule has 0 N–H and O–H groups in total. The molecule has 1 heterocycles. The van der Waals surface area contributed by atoms with Crippen molar-refractivity contribution in [1.29, 1.82) is 0 Å². The van der Waals surface area contributed by atoms with Crippen LogP contribution in [0.1, 0.15) is 81.2 Å². The van der Waals surface area contributed by atoms with Gasteiger partial charge in [0.2, 0.25) is 0 Å². The van der Waals surface area contributed by atoms with Gasteiger partial charge in [-0.1, -0.05) is 53.7 Å². The summed E-state index contributed by atoms with van der Waals surface area (Å²) < 4.78 is 2.02. The van der Waals surface area contributed by atoms with Crippen molar-refractivity contribution in [2.45, 2.75) is 66.7 Å². The first kappa shape index (κ1) is 17.9. The fourth-order valence-electron chi connectivity index (χ4n) is 3.77. The lowest BCUT2D eigenvalue weighted by Gasteiger charge is -2.29. The lowest BCUT2D eigenvalue weighted by molar-refractivity contribution is 0.0910. The fourth-order valence-corrected chi connectivity index (χ4v) is 3.77. The van der Waals surface area contributed by atoms with Gasteiger partial charge in [-0.2, -0.15) is 5.10 Å². The van der Waals surface area contributed by atoms with Crippen molar-refractivity contribution in [2.24, 2.45) is 11.3 Å². The largest absolute Gasteiger partial charge is 0.294 e. The van der Waals surface area contributed by atoms with Crippen molar-refractivity contribution in [1.82, 2.24) is 9.78 Å². The van der Waals surface area contributed by atoms with Crippen LogP contribution < -0.4 is 0 Å². The molecule has 0 spiro atoms. The molecule has 0 atom stereocenters. The predicted octanol–water partition coefficient (Wildman–Crippen LogP) is 5.35. The van der Waals surface area contributed by atoms with Gasteiger partial charge in [-0.25, -0.2) is 4.68 Å². The van der Waals surface area contributed by atoms with Gasteiger partial charge in [0.25, 0.3) is 0 Å². The van der Waals surface area contributed by atoms with Crippen LogP contribution in [0.25, 0.3) is 5.69 Å². The standard InChI is InChI=1S/C22H30N2O/c1-14(2)11-18-21-19(12-22(5,6)13-20(21)25)24(23-18)17-9-7-16(8-10-17)15(3)4/h7-10,14-15H,11-13H2,1-6H3. The van der Waals surface area contributed by atoms with Gasteiger partial charge in [-0.15, -0.1) is 0 Å². The van der Waals surface area contributed by atoms with Crippen molar-refractivity contribution < 1.29 is 4.79 Å². The minimum atomic E-state index is -0.00512. The molecule has 1 aliphatic carbocycles. The third-order valence-electron chi connectivity index (χ3n) is 5.02. The first-order valence-corrected chi connectivity index (χ1v) is 9.42. The molecule has 0 saturated heterocycles. The van der Waals surface area contributed by atoms with Gasteiger partial charge in [-0.3, -0.25) is 4.79 Å². The highest BCUT2D eigenvalue weighted by molar-refractivity contribution is 6.00. The first-order valence-electron chi connectivity index (χ1n) is 9.42. The molecule has 0 unspecified atom stereocenters. The van der Waals surface area contributed by atoms with Gasteiger partial charge in [0.1, 0.15) is 0 Å². The minimum absolute atomic E-state index is 0.00512. The van der Waals surface area contributed by atoms with E-state index in [-0.39, 0.29) is 11.2 Å². The maximum Gasteiger partial charge on any atom is 0.167 e. The number of benzene rings is 1. The van der Waals surface area contributed by atoms with E-state index in [4.69, 9.17) is 5.10 Å². The fraction of sp³-hybridized carbons (Fsp3) is 0.545. The summed E-state index contributed by atoms with van der Waals surface area (Å²) in [5, 5.41) is 4.89. The van der Waals surface area contributed by atoms with Gasteiger partial charge in [0, 0.05) is 6.42 Å². The molecule has 0 fully saturated rings. The SMILES string of the molecule is CC(C)Cc1nn(-c2ccc(C(C)C)cc2)c2c1C(=O)CC(C)(C)C2. The van der Waals surface area contributed by atoms with E-state index in [0.29, 0.717) is 18.3 Å². The highest BCUT2D eigenvalue weighted by Gasteiger charge is 2.36. The van der Waals surface area contributed by atoms with Crippen LogP contribution in [0.3, 0.4) is 0 Å². The van der Waals surface area contributed by atoms with Crippen molar-refractivity contribution in [2.75, 3.05) is 0 Å². The third kappa shape index (κ3) is 3.56. The van der Waals surface area contributed by atoms with Crippen LogP contribution in [-0.4, -0.2) is 15.6 Å². The Balaban J connectivity index is 2.12. The van der Waals surface area contributed by atoms with Crippen LogP contribution in [0.15, 0.2) is 24.3 Å². The molecular formula is C22H30N2O. The molecule has 0 radical (unpaired) electrons. The van der Waals surface area contributed by atoms with E-state index in [1.165, 1.54) is 5.56 Å². The van der Waals surface area contributed by atoms with Gasteiger partial charge >= 0.3 is 0 Å². The third-order valence-corrected chi connectivity index (χ3v) is 5.02. The lowest BCUT2D eigenvalue weighted by atomic mass is 9.75. The number of Topliss-reactive ketones (excluding diaryl/α,β-unsaturated/α-hetero) is 1. The number of ketones is 1. The molecule has 1 aromatic carbocycles. The molecule has 25 heavy (non-hydrogen) atoms. The Labute approximate surface area is 151 Å². The van der Waals surface area contributed by atoms with Crippen LogP contribution in [0.2, 0.25) is 0 Å². The summed E-state index contributed by atoms with van der Waals surface area (Å²) in [4.78, 5) is 12.8. The zero-order valence-corrected chi connectivity index (χ0v) is 16.4. The number of carbonyl (C=O) groups is 1. The van der Waals surface area contributed by atoms with E-state index in [1.807, 2.05) is 4.68 Å². The van der Waals surface area contributed by atoms with Crippen molar-refractivity contribution in [3.05, 3.63) is 46.8 Å². The zero-order valence-electron chi connectivity index (χ0n) is 16.4. The maximum absolute atomic E-state index is 12.8. The second-order valence-corrected chi connectivity index (χ2v) is 8.97. The van der Waals surface area contributed by atoms with Gasteiger partial charge in [-0.05, 0) is 47.8 Å². The topological polar surface area (TPSA) is 34.9 Å². The Bertz CT molecular complexity index is 779. The summed E-state index contributed by atoms with van der Waals surface area (Å²) in [6.45, 7) is 13.1. The molecular weight excluding hydrogens is 308 g/mol. The molecule has 0 aliphatic heterocycles. The number of rotatable bonds is 4. The van der Waals surface area contributed by atoms with Crippen LogP contribution in [0.4, 0.5) is 0 Å². The first-order chi connectivity index (χ1) is 11.7. The monoisotopic (exact) mass is 338 g/mol. The Morgan fingerprint density at radius 2 is 1.72 bits per heavy atom. The molecule has 3 rings (SSSR count). The number of hydrogen-bond donors (Lipinski definition) is 0. The highest BCUT2D eigenvalue weighted by atomic mass is 16.1. The van der Waals surface area contributed by atoms with Crippen molar-refractivity contribution in [3.63, 3.8) is 0 Å². The average Bonchev–Trinajstić information content (AvgIpc) is 2.83. The summed E-state index contributed by atoms with van der Waals surface area (Å²) in [5.74, 6) is 1.25. The minimum Gasteiger partial charge on any atom is -0.294 e. The smallest absolute Gasteiger partial charge is 0.167 e.